The van der Waals surface area contributed by atoms with Crippen LogP contribution in [0.15, 0.2) is 18.2 Å². The van der Waals surface area contributed by atoms with Gasteiger partial charge in [0.2, 0.25) is 5.91 Å². The Bertz CT molecular complexity index is 368. The van der Waals surface area contributed by atoms with Gasteiger partial charge in [0.25, 0.3) is 0 Å². The number of likely N-dealkylation sites (N-methyl/N-ethyl adjacent to an activating group) is 1. The monoisotopic (exact) mass is 234 g/mol. The van der Waals surface area contributed by atoms with Gasteiger partial charge in [0.1, 0.15) is 0 Å². The molecular formula is C14H22N2O. The van der Waals surface area contributed by atoms with E-state index in [-0.39, 0.29) is 5.91 Å². The molecule has 94 valence electrons. The zero-order chi connectivity index (χ0) is 12.8. The molecule has 0 aliphatic carbocycles. The molecule has 0 aliphatic rings. The van der Waals surface area contributed by atoms with Gasteiger partial charge in [-0.25, -0.2) is 0 Å². The summed E-state index contributed by atoms with van der Waals surface area (Å²) in [5, 5.41) is 2.88. The van der Waals surface area contributed by atoms with Crippen LogP contribution in [0.2, 0.25) is 0 Å². The minimum absolute atomic E-state index is 0.0773. The standard InChI is InChI=1S/C14H22N2O/c1-5-6-15-14(17)10-16(4)13-8-11(2)7-12(3)9-13/h7-9H,5-6,10H2,1-4H3,(H,15,17). The van der Waals surface area contributed by atoms with Crippen LogP contribution in [0.1, 0.15) is 24.5 Å². The van der Waals surface area contributed by atoms with Crippen LogP contribution in [0.4, 0.5) is 5.69 Å². The summed E-state index contributed by atoms with van der Waals surface area (Å²) >= 11 is 0. The van der Waals surface area contributed by atoms with Gasteiger partial charge in [-0.3, -0.25) is 4.79 Å². The third kappa shape index (κ3) is 4.47. The normalized spacial score (nSPS) is 10.1. The van der Waals surface area contributed by atoms with Crippen molar-refractivity contribution in [2.75, 3.05) is 25.0 Å². The van der Waals surface area contributed by atoms with E-state index >= 15 is 0 Å². The maximum absolute atomic E-state index is 11.6. The molecule has 0 unspecified atom stereocenters. The van der Waals surface area contributed by atoms with Crippen molar-refractivity contribution in [1.29, 1.82) is 0 Å². The maximum atomic E-state index is 11.6. The minimum Gasteiger partial charge on any atom is -0.365 e. The fraction of sp³-hybridized carbons (Fsp3) is 0.500. The Hall–Kier alpha value is -1.51. The molecule has 1 rings (SSSR count). The second-order valence-electron chi connectivity index (χ2n) is 4.55. The highest BCUT2D eigenvalue weighted by Gasteiger charge is 2.07. The van der Waals surface area contributed by atoms with Crippen molar-refractivity contribution in [2.24, 2.45) is 0 Å². The average molecular weight is 234 g/mol. The van der Waals surface area contributed by atoms with E-state index < -0.39 is 0 Å². The van der Waals surface area contributed by atoms with Crippen LogP contribution in [-0.2, 0) is 4.79 Å². The summed E-state index contributed by atoms with van der Waals surface area (Å²) in [6, 6.07) is 6.33. The third-order valence-electron chi connectivity index (χ3n) is 2.60. The van der Waals surface area contributed by atoms with Crippen molar-refractivity contribution in [3.63, 3.8) is 0 Å². The molecular weight excluding hydrogens is 212 g/mol. The number of amides is 1. The number of benzene rings is 1. The number of aryl methyl sites for hydroxylation is 2. The van der Waals surface area contributed by atoms with Crippen molar-refractivity contribution in [3.05, 3.63) is 29.3 Å². The number of hydrogen-bond acceptors (Lipinski definition) is 2. The van der Waals surface area contributed by atoms with E-state index in [0.29, 0.717) is 6.54 Å². The smallest absolute Gasteiger partial charge is 0.239 e. The van der Waals surface area contributed by atoms with Crippen LogP contribution in [-0.4, -0.2) is 26.0 Å². The van der Waals surface area contributed by atoms with E-state index in [1.165, 1.54) is 11.1 Å². The molecule has 1 aromatic carbocycles. The van der Waals surface area contributed by atoms with Gasteiger partial charge in [0.05, 0.1) is 6.54 Å². The SMILES string of the molecule is CCCNC(=O)CN(C)c1cc(C)cc(C)c1. The van der Waals surface area contributed by atoms with Gasteiger partial charge in [0, 0.05) is 19.3 Å². The molecule has 17 heavy (non-hydrogen) atoms. The summed E-state index contributed by atoms with van der Waals surface area (Å²) in [5.74, 6) is 0.0773. The molecule has 3 nitrogen and oxygen atoms in total. The number of nitrogens with zero attached hydrogens (tertiary/aromatic N) is 1. The van der Waals surface area contributed by atoms with Crippen LogP contribution >= 0.6 is 0 Å². The topological polar surface area (TPSA) is 32.3 Å². The van der Waals surface area contributed by atoms with E-state index in [0.717, 1.165) is 18.7 Å². The molecule has 0 aliphatic heterocycles. The average Bonchev–Trinajstić information content (AvgIpc) is 2.25. The largest absolute Gasteiger partial charge is 0.365 e. The van der Waals surface area contributed by atoms with Crippen LogP contribution in [0, 0.1) is 13.8 Å². The predicted molar refractivity (Wildman–Crippen MR) is 72.5 cm³/mol. The van der Waals surface area contributed by atoms with E-state index in [1.54, 1.807) is 0 Å². The van der Waals surface area contributed by atoms with Crippen LogP contribution in [0.5, 0.6) is 0 Å². The van der Waals surface area contributed by atoms with Crippen LogP contribution in [0.25, 0.3) is 0 Å². The number of anilines is 1. The molecule has 0 atom stereocenters. The maximum Gasteiger partial charge on any atom is 0.239 e. The summed E-state index contributed by atoms with van der Waals surface area (Å²) in [5.41, 5.74) is 3.54. The summed E-state index contributed by atoms with van der Waals surface area (Å²) in [7, 11) is 1.94. The molecule has 1 amide bonds. The Balaban J connectivity index is 2.63. The van der Waals surface area contributed by atoms with E-state index in [1.807, 2.05) is 18.9 Å². The number of nitrogens with one attached hydrogen (secondary N) is 1. The first-order valence-corrected chi connectivity index (χ1v) is 6.09. The molecule has 1 aromatic rings. The molecule has 0 fully saturated rings. The number of hydrogen-bond donors (Lipinski definition) is 1. The van der Waals surface area contributed by atoms with Crippen LogP contribution < -0.4 is 10.2 Å². The first-order valence-electron chi connectivity index (χ1n) is 6.09. The Kier molecular flexibility index (Phi) is 5.01. The minimum atomic E-state index is 0.0773. The quantitative estimate of drug-likeness (QED) is 0.847. The second kappa shape index (κ2) is 6.28. The Morgan fingerprint density at radius 1 is 1.24 bits per heavy atom. The fourth-order valence-corrected chi connectivity index (χ4v) is 1.80. The first-order chi connectivity index (χ1) is 8.02. The number of carbonyl (C=O) groups is 1. The molecule has 1 N–H and O–H groups in total. The summed E-state index contributed by atoms with van der Waals surface area (Å²) in [6.45, 7) is 7.35. The number of carbonyl (C=O) groups excluding carboxylic acids is 1. The highest BCUT2D eigenvalue weighted by atomic mass is 16.2. The van der Waals surface area contributed by atoms with Crippen molar-refractivity contribution >= 4 is 11.6 Å². The lowest BCUT2D eigenvalue weighted by Gasteiger charge is -2.19. The third-order valence-corrected chi connectivity index (χ3v) is 2.60. The van der Waals surface area contributed by atoms with Crippen molar-refractivity contribution in [1.82, 2.24) is 5.32 Å². The zero-order valence-corrected chi connectivity index (χ0v) is 11.2. The molecule has 0 bridgehead atoms. The van der Waals surface area contributed by atoms with Gasteiger partial charge in [-0.1, -0.05) is 13.0 Å². The van der Waals surface area contributed by atoms with Gasteiger partial charge >= 0.3 is 0 Å². The van der Waals surface area contributed by atoms with Gasteiger partial charge in [-0.15, -0.1) is 0 Å². The lowest BCUT2D eigenvalue weighted by Crippen LogP contribution is -2.35. The van der Waals surface area contributed by atoms with Crippen molar-refractivity contribution in [3.8, 4) is 0 Å². The van der Waals surface area contributed by atoms with E-state index in [4.69, 9.17) is 0 Å². The lowest BCUT2D eigenvalue weighted by molar-refractivity contribution is -0.119. The molecule has 0 saturated heterocycles. The first kappa shape index (κ1) is 13.6. The Labute approximate surface area is 104 Å². The zero-order valence-electron chi connectivity index (χ0n) is 11.2. The lowest BCUT2D eigenvalue weighted by atomic mass is 10.1. The molecule has 3 heteroatoms. The second-order valence-corrected chi connectivity index (χ2v) is 4.55. The Morgan fingerprint density at radius 2 is 1.82 bits per heavy atom. The van der Waals surface area contributed by atoms with Crippen molar-refractivity contribution in [2.45, 2.75) is 27.2 Å². The van der Waals surface area contributed by atoms with Gasteiger partial charge in [0.15, 0.2) is 0 Å². The van der Waals surface area contributed by atoms with E-state index in [2.05, 4.69) is 37.4 Å². The molecule has 0 heterocycles. The van der Waals surface area contributed by atoms with Gasteiger partial charge < -0.3 is 10.2 Å². The molecule has 0 spiro atoms. The summed E-state index contributed by atoms with van der Waals surface area (Å²) in [4.78, 5) is 13.6. The highest BCUT2D eigenvalue weighted by Crippen LogP contribution is 2.17. The summed E-state index contributed by atoms with van der Waals surface area (Å²) < 4.78 is 0. The summed E-state index contributed by atoms with van der Waals surface area (Å²) in [6.07, 6.45) is 0.971. The molecule has 0 aromatic heterocycles. The predicted octanol–water partition coefficient (Wildman–Crippen LogP) is 2.27. The molecule has 0 saturated carbocycles. The Morgan fingerprint density at radius 3 is 2.35 bits per heavy atom. The van der Waals surface area contributed by atoms with Gasteiger partial charge in [-0.05, 0) is 43.5 Å². The fourth-order valence-electron chi connectivity index (χ4n) is 1.80. The van der Waals surface area contributed by atoms with Gasteiger partial charge in [-0.2, -0.15) is 0 Å². The highest BCUT2D eigenvalue weighted by molar-refractivity contribution is 5.81. The van der Waals surface area contributed by atoms with E-state index in [9.17, 15) is 4.79 Å². The van der Waals surface area contributed by atoms with Crippen molar-refractivity contribution < 1.29 is 4.79 Å². The molecule has 0 radical (unpaired) electrons. The van der Waals surface area contributed by atoms with Crippen LogP contribution in [0.3, 0.4) is 0 Å². The number of rotatable bonds is 5.